The molecule has 1 aromatic carbocycles. The van der Waals surface area contributed by atoms with E-state index in [0.717, 1.165) is 11.5 Å². The van der Waals surface area contributed by atoms with Crippen LogP contribution in [0.4, 0.5) is 10.5 Å². The number of carboxylic acid groups (broad SMARTS) is 1. The van der Waals surface area contributed by atoms with E-state index in [0.29, 0.717) is 16.7 Å². The Hall–Kier alpha value is -1.47. The number of urea groups is 1. The molecule has 7 heteroatoms. The minimum absolute atomic E-state index is 0.101. The third kappa shape index (κ3) is 5.66. The van der Waals surface area contributed by atoms with Gasteiger partial charge in [-0.15, -0.1) is 6.58 Å². The van der Waals surface area contributed by atoms with Crippen LogP contribution in [0.2, 0.25) is 0 Å². The third-order valence-corrected chi connectivity index (χ3v) is 3.88. The van der Waals surface area contributed by atoms with E-state index in [2.05, 4.69) is 33.1 Å². The highest BCUT2D eigenvalue weighted by Gasteiger charge is 2.10. The molecule has 0 heterocycles. The molecule has 0 aromatic heterocycles. The average Bonchev–Trinajstić information content (AvgIpc) is 2.40. The smallest absolute Gasteiger partial charge is 0.336 e. The Labute approximate surface area is 130 Å². The molecular weight excluding hydrogens is 344 g/mol. The number of anilines is 1. The highest BCUT2D eigenvalue weighted by molar-refractivity contribution is 9.10. The maximum atomic E-state index is 11.6. The molecule has 0 saturated heterocycles. The molecule has 0 atom stereocenters. The topological polar surface area (TPSA) is 78.4 Å². The minimum atomic E-state index is -1.05. The van der Waals surface area contributed by atoms with Crippen molar-refractivity contribution in [2.45, 2.75) is 0 Å². The predicted molar refractivity (Wildman–Crippen MR) is 85.6 cm³/mol. The van der Waals surface area contributed by atoms with Crippen molar-refractivity contribution in [2.75, 3.05) is 23.4 Å². The monoisotopic (exact) mass is 358 g/mol. The molecule has 5 nitrogen and oxygen atoms in total. The molecule has 0 bridgehead atoms. The lowest BCUT2D eigenvalue weighted by atomic mass is 10.2. The van der Waals surface area contributed by atoms with Crippen molar-refractivity contribution < 1.29 is 14.7 Å². The molecule has 0 unspecified atom stereocenters. The van der Waals surface area contributed by atoms with Gasteiger partial charge in [0.25, 0.3) is 0 Å². The lowest BCUT2D eigenvalue weighted by molar-refractivity contribution is 0.0696. The van der Waals surface area contributed by atoms with E-state index in [1.54, 1.807) is 30.0 Å². The Morgan fingerprint density at radius 1 is 1.45 bits per heavy atom. The van der Waals surface area contributed by atoms with Gasteiger partial charge in [0.1, 0.15) is 0 Å². The second-order valence-corrected chi connectivity index (χ2v) is 5.75. The molecule has 1 aromatic rings. The van der Waals surface area contributed by atoms with Crippen LogP contribution in [0.5, 0.6) is 0 Å². The van der Waals surface area contributed by atoms with Crippen molar-refractivity contribution in [2.24, 2.45) is 0 Å². The molecule has 0 aliphatic carbocycles. The van der Waals surface area contributed by atoms with Gasteiger partial charge in [0.05, 0.1) is 5.56 Å². The molecule has 0 radical (unpaired) electrons. The largest absolute Gasteiger partial charge is 0.478 e. The molecule has 2 amide bonds. The normalized spacial score (nSPS) is 9.85. The van der Waals surface area contributed by atoms with E-state index in [1.807, 2.05) is 0 Å². The van der Waals surface area contributed by atoms with Crippen molar-refractivity contribution in [3.8, 4) is 0 Å². The summed E-state index contributed by atoms with van der Waals surface area (Å²) in [4.78, 5) is 22.6. The number of halogens is 1. The first-order chi connectivity index (χ1) is 9.54. The van der Waals surface area contributed by atoms with Gasteiger partial charge >= 0.3 is 12.0 Å². The van der Waals surface area contributed by atoms with Gasteiger partial charge in [0.15, 0.2) is 0 Å². The maximum Gasteiger partial charge on any atom is 0.336 e. The highest BCUT2D eigenvalue weighted by atomic mass is 79.9. The van der Waals surface area contributed by atoms with Crippen LogP contribution in [0, 0.1) is 0 Å². The van der Waals surface area contributed by atoms with E-state index < -0.39 is 5.97 Å². The van der Waals surface area contributed by atoms with Gasteiger partial charge in [-0.1, -0.05) is 6.08 Å². The van der Waals surface area contributed by atoms with Crippen molar-refractivity contribution in [3.63, 3.8) is 0 Å². The summed E-state index contributed by atoms with van der Waals surface area (Å²) in [6.07, 6.45) is 1.81. The number of hydrogen-bond acceptors (Lipinski definition) is 3. The van der Waals surface area contributed by atoms with Gasteiger partial charge < -0.3 is 15.7 Å². The zero-order valence-electron chi connectivity index (χ0n) is 10.7. The number of rotatable bonds is 7. The van der Waals surface area contributed by atoms with E-state index >= 15 is 0 Å². The average molecular weight is 359 g/mol. The second-order valence-electron chi connectivity index (χ2n) is 3.74. The number of carbonyl (C=O) groups is 2. The predicted octanol–water partition coefficient (Wildman–Crippen LogP) is 3.19. The highest BCUT2D eigenvalue weighted by Crippen LogP contribution is 2.21. The first-order valence-corrected chi connectivity index (χ1v) is 7.75. The van der Waals surface area contributed by atoms with E-state index in [9.17, 15) is 9.59 Å². The Morgan fingerprint density at radius 2 is 2.20 bits per heavy atom. The van der Waals surface area contributed by atoms with E-state index in [4.69, 9.17) is 5.11 Å². The molecule has 0 fully saturated rings. The summed E-state index contributed by atoms with van der Waals surface area (Å²) in [5.74, 6) is 0.583. The van der Waals surface area contributed by atoms with E-state index in [-0.39, 0.29) is 11.6 Å². The number of amides is 2. The Bertz CT molecular complexity index is 508. The van der Waals surface area contributed by atoms with Gasteiger partial charge in [0.2, 0.25) is 0 Å². The summed E-state index contributed by atoms with van der Waals surface area (Å²) < 4.78 is 0.469. The lowest BCUT2D eigenvalue weighted by Crippen LogP contribution is -2.30. The molecule has 3 N–H and O–H groups in total. The van der Waals surface area contributed by atoms with E-state index in [1.165, 1.54) is 6.07 Å². The standard InChI is InChI=1S/C13H15BrN2O3S/c1-2-6-20-7-5-15-13(19)16-9-3-4-11(14)10(8-9)12(17)18/h2-4,8H,1,5-7H2,(H,17,18)(H2,15,16,19). The summed E-state index contributed by atoms with van der Waals surface area (Å²) in [5, 5.41) is 14.3. The quantitative estimate of drug-likeness (QED) is 0.516. The number of hydrogen-bond donors (Lipinski definition) is 3. The number of aromatic carboxylic acids is 1. The fourth-order valence-electron chi connectivity index (χ4n) is 1.35. The van der Waals surface area contributed by atoms with Gasteiger partial charge in [-0.25, -0.2) is 9.59 Å². The van der Waals surface area contributed by atoms with Crippen LogP contribution in [-0.2, 0) is 0 Å². The Kier molecular flexibility index (Phi) is 7.17. The van der Waals surface area contributed by atoms with Crippen molar-refractivity contribution in [1.29, 1.82) is 0 Å². The van der Waals surface area contributed by atoms with Crippen LogP contribution in [0.25, 0.3) is 0 Å². The SMILES string of the molecule is C=CCSCCNC(=O)Nc1ccc(Br)c(C(=O)O)c1. The summed E-state index contributed by atoms with van der Waals surface area (Å²) in [5.41, 5.74) is 0.534. The number of benzene rings is 1. The Morgan fingerprint density at radius 3 is 2.85 bits per heavy atom. The molecule has 20 heavy (non-hydrogen) atoms. The summed E-state index contributed by atoms with van der Waals surface area (Å²) >= 11 is 4.81. The van der Waals surface area contributed by atoms with Crippen molar-refractivity contribution in [3.05, 3.63) is 40.9 Å². The zero-order chi connectivity index (χ0) is 15.0. The lowest BCUT2D eigenvalue weighted by Gasteiger charge is -2.08. The molecule has 0 spiro atoms. The molecule has 0 aliphatic heterocycles. The third-order valence-electron chi connectivity index (χ3n) is 2.22. The van der Waals surface area contributed by atoms with Gasteiger partial charge in [-0.05, 0) is 34.1 Å². The molecule has 1 rings (SSSR count). The second kappa shape index (κ2) is 8.65. The minimum Gasteiger partial charge on any atom is -0.478 e. The first kappa shape index (κ1) is 16.6. The Balaban J connectivity index is 2.47. The van der Waals surface area contributed by atoms with Gasteiger partial charge in [-0.3, -0.25) is 0 Å². The molecule has 108 valence electrons. The zero-order valence-corrected chi connectivity index (χ0v) is 13.1. The van der Waals surface area contributed by atoms with Crippen LogP contribution < -0.4 is 10.6 Å². The molecule has 0 aliphatic rings. The van der Waals surface area contributed by atoms with Gasteiger partial charge in [-0.2, -0.15) is 11.8 Å². The van der Waals surface area contributed by atoms with Crippen LogP contribution >= 0.6 is 27.7 Å². The summed E-state index contributed by atoms with van der Waals surface area (Å²) in [6.45, 7) is 4.14. The van der Waals surface area contributed by atoms with Crippen molar-refractivity contribution >= 4 is 45.4 Å². The number of carboxylic acids is 1. The van der Waals surface area contributed by atoms with Crippen molar-refractivity contribution in [1.82, 2.24) is 5.32 Å². The molecular formula is C13H15BrN2O3S. The van der Waals surface area contributed by atoms with Crippen LogP contribution in [0.1, 0.15) is 10.4 Å². The van der Waals surface area contributed by atoms with Crippen LogP contribution in [-0.4, -0.2) is 35.2 Å². The van der Waals surface area contributed by atoms with Gasteiger partial charge in [0, 0.05) is 28.2 Å². The fraction of sp³-hybridized carbons (Fsp3) is 0.231. The number of nitrogens with one attached hydrogen (secondary N) is 2. The van der Waals surface area contributed by atoms with Crippen LogP contribution in [0.3, 0.4) is 0 Å². The van der Waals surface area contributed by atoms with Crippen LogP contribution in [0.15, 0.2) is 35.3 Å². The fourth-order valence-corrected chi connectivity index (χ4v) is 2.34. The number of carbonyl (C=O) groups excluding carboxylic acids is 1. The summed E-state index contributed by atoms with van der Waals surface area (Å²) in [7, 11) is 0. The molecule has 0 saturated carbocycles. The number of thioether (sulfide) groups is 1. The first-order valence-electron chi connectivity index (χ1n) is 5.81. The maximum absolute atomic E-state index is 11.6. The summed E-state index contributed by atoms with van der Waals surface area (Å²) in [6, 6.07) is 4.25.